The van der Waals surface area contributed by atoms with Crippen molar-refractivity contribution < 1.29 is 13.9 Å². The maximum Gasteiger partial charge on any atom is 0.254 e. The summed E-state index contributed by atoms with van der Waals surface area (Å²) < 4.78 is 10.9. The number of methoxy groups -OCH3 is 1. The molecular formula is C18H25N3O4. The lowest BCUT2D eigenvalue weighted by molar-refractivity contribution is -0.122. The molecule has 1 atom stereocenters. The Hall–Kier alpha value is -2.41. The third-order valence-electron chi connectivity index (χ3n) is 3.99. The Balaban J connectivity index is 2.01. The Morgan fingerprint density at radius 3 is 2.76 bits per heavy atom. The predicted octanol–water partition coefficient (Wildman–Crippen LogP) is 1.98. The summed E-state index contributed by atoms with van der Waals surface area (Å²) in [6, 6.07) is 3.39. The van der Waals surface area contributed by atoms with E-state index in [4.69, 9.17) is 9.15 Å². The minimum atomic E-state index is -0.353. The summed E-state index contributed by atoms with van der Waals surface area (Å²) in [5, 5.41) is 2.90. The number of nitrogens with one attached hydrogen (secondary N) is 2. The van der Waals surface area contributed by atoms with E-state index in [1.165, 1.54) is 0 Å². The second-order valence-electron chi connectivity index (χ2n) is 5.95. The van der Waals surface area contributed by atoms with E-state index in [1.807, 2.05) is 19.1 Å². The molecule has 0 aliphatic heterocycles. The number of amides is 1. The molecule has 0 saturated heterocycles. The summed E-state index contributed by atoms with van der Waals surface area (Å²) in [4.78, 5) is 31.2. The summed E-state index contributed by atoms with van der Waals surface area (Å²) in [5.74, 6) is 1.92. The molecule has 2 heterocycles. The first kappa shape index (κ1) is 18.9. The highest BCUT2D eigenvalue weighted by Gasteiger charge is 2.19. The topological polar surface area (TPSA) is 97.2 Å². The molecule has 1 amide bonds. The van der Waals surface area contributed by atoms with Gasteiger partial charge < -0.3 is 19.5 Å². The van der Waals surface area contributed by atoms with Crippen LogP contribution in [0.3, 0.4) is 0 Å². The van der Waals surface area contributed by atoms with Crippen LogP contribution in [0.25, 0.3) is 0 Å². The summed E-state index contributed by atoms with van der Waals surface area (Å²) >= 11 is 0. The van der Waals surface area contributed by atoms with E-state index in [0.717, 1.165) is 12.2 Å². The van der Waals surface area contributed by atoms with Gasteiger partial charge in [-0.05, 0) is 32.4 Å². The van der Waals surface area contributed by atoms with Crippen molar-refractivity contribution in [2.24, 2.45) is 0 Å². The fourth-order valence-electron chi connectivity index (χ4n) is 2.68. The Kier molecular flexibility index (Phi) is 6.52. The SMILES string of the molecule is CCc1ccc(C(COC)NC(=O)CCc2c(C)nc(C)[nH]c2=O)o1. The lowest BCUT2D eigenvalue weighted by atomic mass is 10.1. The second kappa shape index (κ2) is 8.62. The third kappa shape index (κ3) is 5.03. The van der Waals surface area contributed by atoms with Crippen LogP contribution in [0.1, 0.15) is 48.0 Å². The van der Waals surface area contributed by atoms with Crippen LogP contribution < -0.4 is 10.9 Å². The average molecular weight is 347 g/mol. The van der Waals surface area contributed by atoms with Crippen molar-refractivity contribution >= 4 is 5.91 Å². The predicted molar refractivity (Wildman–Crippen MR) is 93.5 cm³/mol. The van der Waals surface area contributed by atoms with Crippen molar-refractivity contribution in [1.29, 1.82) is 0 Å². The number of aromatic amines is 1. The van der Waals surface area contributed by atoms with Crippen molar-refractivity contribution in [1.82, 2.24) is 15.3 Å². The molecule has 0 aromatic carbocycles. The first-order chi connectivity index (χ1) is 11.9. The summed E-state index contributed by atoms with van der Waals surface area (Å²) in [6.45, 7) is 5.82. The molecule has 0 fully saturated rings. The first-order valence-corrected chi connectivity index (χ1v) is 8.37. The molecule has 136 valence electrons. The van der Waals surface area contributed by atoms with Gasteiger partial charge in [-0.2, -0.15) is 0 Å². The quantitative estimate of drug-likeness (QED) is 0.761. The van der Waals surface area contributed by atoms with E-state index >= 15 is 0 Å². The fraction of sp³-hybridized carbons (Fsp3) is 0.500. The van der Waals surface area contributed by atoms with Gasteiger partial charge in [0.2, 0.25) is 5.91 Å². The summed E-state index contributed by atoms with van der Waals surface area (Å²) in [5.41, 5.74) is 1.00. The number of carbonyl (C=O) groups excluding carboxylic acids is 1. The molecule has 2 rings (SSSR count). The van der Waals surface area contributed by atoms with Crippen molar-refractivity contribution in [2.75, 3.05) is 13.7 Å². The monoisotopic (exact) mass is 347 g/mol. The van der Waals surface area contributed by atoms with Crippen LogP contribution in [0.5, 0.6) is 0 Å². The van der Waals surface area contributed by atoms with Crippen LogP contribution in [0.15, 0.2) is 21.3 Å². The van der Waals surface area contributed by atoms with E-state index in [-0.39, 0.29) is 23.9 Å². The Bertz CT molecular complexity index is 779. The van der Waals surface area contributed by atoms with Gasteiger partial charge in [0, 0.05) is 31.2 Å². The molecule has 0 aliphatic rings. The van der Waals surface area contributed by atoms with Gasteiger partial charge in [0.05, 0.1) is 6.61 Å². The zero-order valence-corrected chi connectivity index (χ0v) is 15.1. The van der Waals surface area contributed by atoms with Crippen molar-refractivity contribution in [3.05, 3.63) is 51.1 Å². The number of hydrogen-bond donors (Lipinski definition) is 2. The van der Waals surface area contributed by atoms with Crippen LogP contribution in [0.4, 0.5) is 0 Å². The second-order valence-corrected chi connectivity index (χ2v) is 5.95. The molecule has 2 N–H and O–H groups in total. The molecule has 0 spiro atoms. The van der Waals surface area contributed by atoms with E-state index in [0.29, 0.717) is 35.9 Å². The molecule has 25 heavy (non-hydrogen) atoms. The van der Waals surface area contributed by atoms with Gasteiger partial charge in [0.1, 0.15) is 23.4 Å². The maximum absolute atomic E-state index is 12.3. The van der Waals surface area contributed by atoms with Crippen LogP contribution in [0.2, 0.25) is 0 Å². The molecule has 1 unspecified atom stereocenters. The molecule has 2 aromatic rings. The van der Waals surface area contributed by atoms with Crippen molar-refractivity contribution in [3.63, 3.8) is 0 Å². The number of aryl methyl sites for hydroxylation is 3. The molecule has 0 radical (unpaired) electrons. The standard InChI is InChI=1S/C18H25N3O4/c1-5-13-6-8-16(25-13)15(10-24-4)21-17(22)9-7-14-11(2)19-12(3)20-18(14)23/h6,8,15H,5,7,9-10H2,1-4H3,(H,21,22)(H,19,20,23). The van der Waals surface area contributed by atoms with E-state index in [2.05, 4.69) is 15.3 Å². The lowest BCUT2D eigenvalue weighted by Gasteiger charge is -2.16. The third-order valence-corrected chi connectivity index (χ3v) is 3.99. The number of H-pyrrole nitrogens is 1. The van der Waals surface area contributed by atoms with Crippen LogP contribution >= 0.6 is 0 Å². The number of ether oxygens (including phenoxy) is 1. The van der Waals surface area contributed by atoms with Crippen molar-refractivity contribution in [2.45, 2.75) is 46.1 Å². The molecule has 0 aliphatic carbocycles. The zero-order chi connectivity index (χ0) is 18.4. The Morgan fingerprint density at radius 2 is 2.16 bits per heavy atom. The number of hydrogen-bond acceptors (Lipinski definition) is 5. The van der Waals surface area contributed by atoms with Gasteiger partial charge >= 0.3 is 0 Å². The van der Waals surface area contributed by atoms with Crippen LogP contribution in [-0.4, -0.2) is 29.6 Å². The number of carbonyl (C=O) groups is 1. The molecular weight excluding hydrogens is 322 g/mol. The largest absolute Gasteiger partial charge is 0.464 e. The smallest absolute Gasteiger partial charge is 0.254 e. The minimum absolute atomic E-state index is 0.170. The van der Waals surface area contributed by atoms with Gasteiger partial charge in [-0.3, -0.25) is 9.59 Å². The van der Waals surface area contributed by atoms with Gasteiger partial charge in [-0.1, -0.05) is 6.92 Å². The number of nitrogens with zero attached hydrogens (tertiary/aromatic N) is 1. The molecule has 0 bridgehead atoms. The number of aromatic nitrogens is 2. The average Bonchev–Trinajstić information content (AvgIpc) is 3.02. The Morgan fingerprint density at radius 1 is 1.40 bits per heavy atom. The molecule has 7 heteroatoms. The van der Waals surface area contributed by atoms with E-state index in [1.54, 1.807) is 21.0 Å². The van der Waals surface area contributed by atoms with Gasteiger partial charge in [0.25, 0.3) is 5.56 Å². The van der Waals surface area contributed by atoms with Crippen LogP contribution in [0, 0.1) is 13.8 Å². The van der Waals surface area contributed by atoms with Crippen molar-refractivity contribution in [3.8, 4) is 0 Å². The fourth-order valence-corrected chi connectivity index (χ4v) is 2.68. The summed E-state index contributed by atoms with van der Waals surface area (Å²) in [6.07, 6.45) is 1.31. The highest BCUT2D eigenvalue weighted by molar-refractivity contribution is 5.76. The van der Waals surface area contributed by atoms with Crippen LogP contribution in [-0.2, 0) is 22.4 Å². The van der Waals surface area contributed by atoms with E-state index in [9.17, 15) is 9.59 Å². The Labute approximate surface area is 146 Å². The molecule has 2 aromatic heterocycles. The minimum Gasteiger partial charge on any atom is -0.464 e. The van der Waals surface area contributed by atoms with Gasteiger partial charge in [-0.15, -0.1) is 0 Å². The zero-order valence-electron chi connectivity index (χ0n) is 15.1. The summed E-state index contributed by atoms with van der Waals surface area (Å²) in [7, 11) is 1.57. The maximum atomic E-state index is 12.3. The normalized spacial score (nSPS) is 12.2. The lowest BCUT2D eigenvalue weighted by Crippen LogP contribution is -2.31. The molecule has 7 nitrogen and oxygen atoms in total. The first-order valence-electron chi connectivity index (χ1n) is 8.37. The number of furan rings is 1. The highest BCUT2D eigenvalue weighted by Crippen LogP contribution is 2.18. The van der Waals surface area contributed by atoms with Gasteiger partial charge in [0.15, 0.2) is 0 Å². The highest BCUT2D eigenvalue weighted by atomic mass is 16.5. The van der Waals surface area contributed by atoms with Gasteiger partial charge in [-0.25, -0.2) is 4.98 Å². The molecule has 0 saturated carbocycles. The van der Waals surface area contributed by atoms with E-state index < -0.39 is 0 Å². The number of rotatable bonds is 8.